The number of nitro groups is 1. The van der Waals surface area contributed by atoms with Gasteiger partial charge in [-0.1, -0.05) is 39.0 Å². The lowest BCUT2D eigenvalue weighted by atomic mass is 10.1. The van der Waals surface area contributed by atoms with Crippen molar-refractivity contribution in [2.75, 3.05) is 5.75 Å². The smallest absolute Gasteiger partial charge is 0.343 e. The predicted octanol–water partition coefficient (Wildman–Crippen LogP) is 4.95. The molecule has 0 N–H and O–H groups in total. The summed E-state index contributed by atoms with van der Waals surface area (Å²) in [6, 6.07) is 10.7. The lowest BCUT2D eigenvalue weighted by molar-refractivity contribution is -0.384. The number of hydrogen-bond donors (Lipinski definition) is 0. The van der Waals surface area contributed by atoms with E-state index in [1.165, 1.54) is 55.0 Å². The van der Waals surface area contributed by atoms with Crippen LogP contribution in [0.2, 0.25) is 0 Å². The van der Waals surface area contributed by atoms with Crippen LogP contribution in [0.25, 0.3) is 0 Å². The van der Waals surface area contributed by atoms with Gasteiger partial charge >= 0.3 is 5.97 Å². The van der Waals surface area contributed by atoms with Gasteiger partial charge in [0.1, 0.15) is 5.75 Å². The Balaban J connectivity index is 1.91. The summed E-state index contributed by atoms with van der Waals surface area (Å²) in [6.45, 7) is 2.14. The van der Waals surface area contributed by atoms with Gasteiger partial charge in [-0.2, -0.15) is 0 Å². The van der Waals surface area contributed by atoms with E-state index in [9.17, 15) is 23.3 Å². The van der Waals surface area contributed by atoms with Gasteiger partial charge in [0.25, 0.3) is 5.69 Å². The maximum Gasteiger partial charge on any atom is 0.343 e. The number of nitrogens with zero attached hydrogens (tertiary/aromatic N) is 1. The number of carbonyl (C=O) groups is 1. The first kappa shape index (κ1) is 22.5. The van der Waals surface area contributed by atoms with E-state index in [0.29, 0.717) is 6.42 Å². The van der Waals surface area contributed by atoms with Crippen molar-refractivity contribution >= 4 is 21.5 Å². The minimum atomic E-state index is -3.37. The van der Waals surface area contributed by atoms with Crippen molar-refractivity contribution in [1.29, 1.82) is 0 Å². The second-order valence-electron chi connectivity index (χ2n) is 6.75. The lowest BCUT2D eigenvalue weighted by Crippen LogP contribution is -2.09. The van der Waals surface area contributed by atoms with Gasteiger partial charge in [-0.15, -0.1) is 0 Å². The molecule has 0 fully saturated rings. The Morgan fingerprint density at radius 1 is 0.931 bits per heavy atom. The molecule has 0 saturated carbocycles. The molecule has 29 heavy (non-hydrogen) atoms. The van der Waals surface area contributed by atoms with Gasteiger partial charge in [-0.05, 0) is 42.8 Å². The number of nitro benzene ring substituents is 1. The number of ether oxygens (including phenoxy) is 1. The molecule has 2 aromatic carbocycles. The summed E-state index contributed by atoms with van der Waals surface area (Å²) >= 11 is 0. The van der Waals surface area contributed by atoms with Crippen molar-refractivity contribution in [3.05, 3.63) is 64.2 Å². The Morgan fingerprint density at radius 2 is 1.52 bits per heavy atom. The summed E-state index contributed by atoms with van der Waals surface area (Å²) in [5.74, 6) is -0.379. The van der Waals surface area contributed by atoms with Crippen molar-refractivity contribution in [2.45, 2.75) is 50.3 Å². The predicted molar refractivity (Wildman–Crippen MR) is 110 cm³/mol. The highest BCUT2D eigenvalue weighted by Gasteiger charge is 2.15. The summed E-state index contributed by atoms with van der Waals surface area (Å²) in [5.41, 5.74) is 0.0387. The fourth-order valence-electron chi connectivity index (χ4n) is 2.79. The second-order valence-corrected chi connectivity index (χ2v) is 8.86. The molecule has 0 bridgehead atoms. The zero-order valence-electron chi connectivity index (χ0n) is 16.4. The summed E-state index contributed by atoms with van der Waals surface area (Å²) in [4.78, 5) is 22.4. The van der Waals surface area contributed by atoms with E-state index in [-0.39, 0.29) is 27.6 Å². The molecule has 0 aromatic heterocycles. The van der Waals surface area contributed by atoms with Crippen LogP contribution in [0, 0.1) is 10.1 Å². The Labute approximate surface area is 170 Å². The Hall–Kier alpha value is -2.74. The van der Waals surface area contributed by atoms with E-state index < -0.39 is 20.7 Å². The summed E-state index contributed by atoms with van der Waals surface area (Å²) < 4.78 is 30.0. The Kier molecular flexibility index (Phi) is 8.33. The zero-order chi connectivity index (χ0) is 21.3. The van der Waals surface area contributed by atoms with E-state index >= 15 is 0 Å². The molecule has 7 nitrogen and oxygen atoms in total. The third kappa shape index (κ3) is 6.98. The van der Waals surface area contributed by atoms with Gasteiger partial charge in [-0.25, -0.2) is 13.2 Å². The van der Waals surface area contributed by atoms with Crippen LogP contribution in [-0.2, 0) is 9.84 Å². The normalized spacial score (nSPS) is 11.2. The highest BCUT2D eigenvalue weighted by atomic mass is 32.2. The van der Waals surface area contributed by atoms with Crippen LogP contribution in [-0.4, -0.2) is 25.1 Å². The maximum absolute atomic E-state index is 12.4. The van der Waals surface area contributed by atoms with Crippen molar-refractivity contribution in [3.8, 4) is 5.75 Å². The van der Waals surface area contributed by atoms with Gasteiger partial charge in [0, 0.05) is 12.1 Å². The van der Waals surface area contributed by atoms with E-state index in [2.05, 4.69) is 6.92 Å². The first-order valence-electron chi connectivity index (χ1n) is 9.63. The highest BCUT2D eigenvalue weighted by Crippen LogP contribution is 2.20. The molecule has 2 rings (SSSR count). The molecule has 0 unspecified atom stereocenters. The fourth-order valence-corrected chi connectivity index (χ4v) is 4.16. The minimum Gasteiger partial charge on any atom is -0.423 e. The summed E-state index contributed by atoms with van der Waals surface area (Å²) in [7, 11) is -3.37. The summed E-state index contributed by atoms with van der Waals surface area (Å²) in [6.07, 6.45) is 6.02. The van der Waals surface area contributed by atoms with Crippen LogP contribution in [0.1, 0.15) is 55.8 Å². The Morgan fingerprint density at radius 3 is 2.10 bits per heavy atom. The number of hydrogen-bond acceptors (Lipinski definition) is 6. The van der Waals surface area contributed by atoms with E-state index in [4.69, 9.17) is 4.74 Å². The average molecular weight is 419 g/mol. The summed E-state index contributed by atoms with van der Waals surface area (Å²) in [5, 5.41) is 10.7. The topological polar surface area (TPSA) is 104 Å². The third-order valence-electron chi connectivity index (χ3n) is 4.47. The second kappa shape index (κ2) is 10.7. The van der Waals surface area contributed by atoms with E-state index in [1.807, 2.05) is 0 Å². The maximum atomic E-state index is 12.4. The number of sulfone groups is 1. The molecule has 0 aliphatic rings. The largest absolute Gasteiger partial charge is 0.423 e. The number of benzene rings is 2. The molecule has 2 aromatic rings. The van der Waals surface area contributed by atoms with Crippen molar-refractivity contribution in [2.24, 2.45) is 0 Å². The number of esters is 1. The number of carbonyl (C=O) groups excluding carboxylic acids is 1. The third-order valence-corrected chi connectivity index (χ3v) is 6.29. The van der Waals surface area contributed by atoms with Crippen LogP contribution in [0.15, 0.2) is 53.4 Å². The molecular weight excluding hydrogens is 394 g/mol. The van der Waals surface area contributed by atoms with E-state index in [0.717, 1.165) is 25.7 Å². The zero-order valence-corrected chi connectivity index (χ0v) is 17.2. The molecular formula is C21H25NO6S. The van der Waals surface area contributed by atoms with Crippen molar-refractivity contribution in [1.82, 2.24) is 0 Å². The van der Waals surface area contributed by atoms with Crippen LogP contribution >= 0.6 is 0 Å². The van der Waals surface area contributed by atoms with Crippen LogP contribution in [0.4, 0.5) is 5.69 Å². The molecule has 0 amide bonds. The SMILES string of the molecule is CCCCCCCCS(=O)(=O)c1ccc(OC(=O)c2ccc([N+](=O)[O-])cc2)cc1. The van der Waals surface area contributed by atoms with Crippen LogP contribution in [0.3, 0.4) is 0 Å². The van der Waals surface area contributed by atoms with Gasteiger partial charge in [-0.3, -0.25) is 10.1 Å². The highest BCUT2D eigenvalue weighted by molar-refractivity contribution is 7.91. The number of unbranched alkanes of at least 4 members (excludes halogenated alkanes) is 5. The average Bonchev–Trinajstić information content (AvgIpc) is 2.71. The van der Waals surface area contributed by atoms with E-state index in [1.54, 1.807) is 0 Å². The standard InChI is InChI=1S/C21H25NO6S/c1-2-3-4-5-6-7-16-29(26,27)20-14-12-19(13-15-20)28-21(23)17-8-10-18(11-9-17)22(24)25/h8-15H,2-7,16H2,1H3. The molecule has 0 spiro atoms. The monoisotopic (exact) mass is 419 g/mol. The number of non-ortho nitro benzene ring substituents is 1. The molecule has 0 aliphatic carbocycles. The molecule has 8 heteroatoms. The quantitative estimate of drug-likeness (QED) is 0.168. The minimum absolute atomic E-state index is 0.0983. The van der Waals surface area contributed by atoms with Gasteiger partial charge in [0.2, 0.25) is 0 Å². The van der Waals surface area contributed by atoms with Gasteiger partial charge in [0.15, 0.2) is 9.84 Å². The molecule has 156 valence electrons. The molecule has 0 atom stereocenters. The van der Waals surface area contributed by atoms with Crippen LogP contribution in [0.5, 0.6) is 5.75 Å². The molecule has 0 aliphatic heterocycles. The van der Waals surface area contributed by atoms with Crippen LogP contribution < -0.4 is 4.74 Å². The van der Waals surface area contributed by atoms with Crippen molar-refractivity contribution in [3.63, 3.8) is 0 Å². The molecule has 0 saturated heterocycles. The molecule has 0 heterocycles. The molecule has 0 radical (unpaired) electrons. The number of rotatable bonds is 11. The fraction of sp³-hybridized carbons (Fsp3) is 0.381. The van der Waals surface area contributed by atoms with Gasteiger partial charge < -0.3 is 4.74 Å². The van der Waals surface area contributed by atoms with Gasteiger partial charge in [0.05, 0.1) is 21.1 Å². The lowest BCUT2D eigenvalue weighted by Gasteiger charge is -2.07. The Bertz CT molecular complexity index is 921. The van der Waals surface area contributed by atoms with Crippen molar-refractivity contribution < 1.29 is 22.9 Å². The first-order chi connectivity index (χ1) is 13.8. The first-order valence-corrected chi connectivity index (χ1v) is 11.3.